The highest BCUT2D eigenvalue weighted by Crippen LogP contribution is 2.12. The maximum atomic E-state index is 13.2. The number of hydrogen-bond donors (Lipinski definition) is 2. The molecule has 0 heterocycles. The molecule has 1 amide bonds. The predicted molar refractivity (Wildman–Crippen MR) is 55.2 cm³/mol. The maximum absolute atomic E-state index is 13.2. The first-order valence-electron chi connectivity index (χ1n) is 4.52. The third-order valence-corrected chi connectivity index (χ3v) is 3.05. The van der Waals surface area contributed by atoms with E-state index in [2.05, 4.69) is 0 Å². The molecule has 0 radical (unpaired) electrons. The highest BCUT2D eigenvalue weighted by molar-refractivity contribution is 7.89. The van der Waals surface area contributed by atoms with Crippen LogP contribution < -0.4 is 10.3 Å². The van der Waals surface area contributed by atoms with Gasteiger partial charge in [0.25, 0.3) is 10.0 Å². The van der Waals surface area contributed by atoms with Crippen LogP contribution >= 0.6 is 0 Å². The molecule has 0 unspecified atom stereocenters. The van der Waals surface area contributed by atoms with E-state index in [1.54, 1.807) is 11.8 Å². The van der Waals surface area contributed by atoms with E-state index in [9.17, 15) is 17.6 Å². The molecule has 1 rings (SSSR count). The number of hydrazine groups is 1. The fraction of sp³-hybridized carbons (Fsp3) is 0.222. The largest absolute Gasteiger partial charge is 0.278 e. The molecule has 0 saturated carbocycles. The predicted octanol–water partition coefficient (Wildman–Crippen LogP) is 0.545. The lowest BCUT2D eigenvalue weighted by Crippen LogP contribution is -2.41. The topological polar surface area (TPSA) is 75.3 Å². The summed E-state index contributed by atoms with van der Waals surface area (Å²) in [6.07, 6.45) is 0.125. The molecule has 0 aliphatic heterocycles. The Morgan fingerprint density at radius 3 is 2.56 bits per heavy atom. The zero-order valence-corrected chi connectivity index (χ0v) is 9.34. The van der Waals surface area contributed by atoms with Crippen LogP contribution in [0.2, 0.25) is 0 Å². The van der Waals surface area contributed by atoms with Crippen LogP contribution in [0.25, 0.3) is 0 Å². The third kappa shape index (κ3) is 3.01. The summed E-state index contributed by atoms with van der Waals surface area (Å²) in [4.78, 5) is 12.1. The molecule has 0 atom stereocenters. The van der Waals surface area contributed by atoms with Crippen molar-refractivity contribution in [3.05, 3.63) is 30.1 Å². The van der Waals surface area contributed by atoms with Gasteiger partial charge in [-0.05, 0) is 12.1 Å². The molecule has 7 heteroatoms. The first kappa shape index (κ1) is 12.6. The summed E-state index contributed by atoms with van der Waals surface area (Å²) in [5.41, 5.74) is 1.95. The lowest BCUT2D eigenvalue weighted by atomic mass is 10.4. The quantitative estimate of drug-likeness (QED) is 0.762. The van der Waals surface area contributed by atoms with Crippen molar-refractivity contribution in [1.82, 2.24) is 10.3 Å². The van der Waals surface area contributed by atoms with Gasteiger partial charge in [0.1, 0.15) is 10.7 Å². The second-order valence-electron chi connectivity index (χ2n) is 2.94. The Balaban J connectivity index is 2.87. The van der Waals surface area contributed by atoms with E-state index in [1.165, 1.54) is 12.1 Å². The summed E-state index contributed by atoms with van der Waals surface area (Å²) in [5.74, 6) is -1.37. The number of rotatable bonds is 4. The highest BCUT2D eigenvalue weighted by Gasteiger charge is 2.18. The van der Waals surface area contributed by atoms with E-state index in [-0.39, 0.29) is 6.42 Å². The molecule has 5 nitrogen and oxygen atoms in total. The molecule has 0 saturated heterocycles. The number of carbonyl (C=O) groups is 1. The minimum absolute atomic E-state index is 0.125. The van der Waals surface area contributed by atoms with Crippen molar-refractivity contribution in [2.24, 2.45) is 0 Å². The standard InChI is InChI=1S/C9H11FN2O3S/c1-2-9(13)11-12-16(14,15)8-6-4-3-5-7(8)10/h3-6,12H,2H2,1H3,(H,11,13). The van der Waals surface area contributed by atoms with Gasteiger partial charge in [-0.15, -0.1) is 4.83 Å². The van der Waals surface area contributed by atoms with Crippen molar-refractivity contribution in [2.75, 3.05) is 0 Å². The van der Waals surface area contributed by atoms with Crippen molar-refractivity contribution in [3.63, 3.8) is 0 Å². The minimum atomic E-state index is -4.05. The van der Waals surface area contributed by atoms with E-state index < -0.39 is 26.6 Å². The van der Waals surface area contributed by atoms with Gasteiger partial charge >= 0.3 is 0 Å². The maximum Gasteiger partial charge on any atom is 0.260 e. The van der Waals surface area contributed by atoms with Gasteiger partial charge in [-0.25, -0.2) is 12.8 Å². The number of nitrogens with one attached hydrogen (secondary N) is 2. The van der Waals surface area contributed by atoms with E-state index in [4.69, 9.17) is 0 Å². The number of amides is 1. The molecular weight excluding hydrogens is 235 g/mol. The molecule has 0 spiro atoms. The van der Waals surface area contributed by atoms with Gasteiger partial charge in [-0.2, -0.15) is 0 Å². The first-order chi connectivity index (χ1) is 7.47. The van der Waals surface area contributed by atoms with Gasteiger partial charge in [-0.1, -0.05) is 19.1 Å². The molecule has 0 aromatic heterocycles. The van der Waals surface area contributed by atoms with Crippen LogP contribution in [0.4, 0.5) is 4.39 Å². The van der Waals surface area contributed by atoms with E-state index in [0.29, 0.717) is 0 Å². The SMILES string of the molecule is CCC(=O)NNS(=O)(=O)c1ccccc1F. The molecule has 1 aromatic rings. The number of sulfonamides is 1. The van der Waals surface area contributed by atoms with Crippen LogP contribution in [-0.2, 0) is 14.8 Å². The fourth-order valence-corrected chi connectivity index (χ4v) is 1.87. The molecule has 2 N–H and O–H groups in total. The summed E-state index contributed by atoms with van der Waals surface area (Å²) in [7, 11) is -4.05. The Hall–Kier alpha value is -1.47. The molecule has 0 bridgehead atoms. The second kappa shape index (κ2) is 5.04. The summed E-state index contributed by atoms with van der Waals surface area (Å²) in [5, 5.41) is 0. The van der Waals surface area contributed by atoms with Gasteiger partial charge in [0.15, 0.2) is 0 Å². The van der Waals surface area contributed by atoms with Crippen molar-refractivity contribution in [1.29, 1.82) is 0 Å². The fourth-order valence-electron chi connectivity index (χ4n) is 0.930. The number of halogens is 1. The average Bonchev–Trinajstić information content (AvgIpc) is 2.26. The molecule has 0 fully saturated rings. The van der Waals surface area contributed by atoms with E-state index >= 15 is 0 Å². The number of carbonyl (C=O) groups excluding carboxylic acids is 1. The van der Waals surface area contributed by atoms with Crippen molar-refractivity contribution in [3.8, 4) is 0 Å². The lowest BCUT2D eigenvalue weighted by molar-refractivity contribution is -0.121. The van der Waals surface area contributed by atoms with E-state index in [0.717, 1.165) is 12.1 Å². The van der Waals surface area contributed by atoms with Crippen molar-refractivity contribution in [2.45, 2.75) is 18.2 Å². The summed E-state index contributed by atoms with van der Waals surface area (Å²) in [6, 6.07) is 4.89. The second-order valence-corrected chi connectivity index (χ2v) is 4.59. The molecule has 88 valence electrons. The monoisotopic (exact) mass is 246 g/mol. The summed E-state index contributed by atoms with van der Waals surface area (Å²) < 4.78 is 36.2. The third-order valence-electron chi connectivity index (χ3n) is 1.77. The number of hydrogen-bond acceptors (Lipinski definition) is 3. The molecular formula is C9H11FN2O3S. The van der Waals surface area contributed by atoms with Gasteiger partial charge in [0.2, 0.25) is 5.91 Å². The number of benzene rings is 1. The highest BCUT2D eigenvalue weighted by atomic mass is 32.2. The van der Waals surface area contributed by atoms with Crippen LogP contribution in [-0.4, -0.2) is 14.3 Å². The Morgan fingerprint density at radius 2 is 2.00 bits per heavy atom. The normalized spacial score (nSPS) is 11.1. The van der Waals surface area contributed by atoms with Crippen LogP contribution in [0.5, 0.6) is 0 Å². The van der Waals surface area contributed by atoms with Gasteiger partial charge in [0.05, 0.1) is 0 Å². The molecule has 1 aromatic carbocycles. The first-order valence-corrected chi connectivity index (χ1v) is 6.01. The lowest BCUT2D eigenvalue weighted by Gasteiger charge is -2.07. The Kier molecular flexibility index (Phi) is 3.97. The average molecular weight is 246 g/mol. The van der Waals surface area contributed by atoms with Crippen LogP contribution in [0.3, 0.4) is 0 Å². The molecule has 16 heavy (non-hydrogen) atoms. The zero-order chi connectivity index (χ0) is 12.2. The summed E-state index contributed by atoms with van der Waals surface area (Å²) >= 11 is 0. The molecule has 0 aliphatic rings. The van der Waals surface area contributed by atoms with Gasteiger partial charge in [0, 0.05) is 6.42 Å². The summed E-state index contributed by atoms with van der Waals surface area (Å²) in [6.45, 7) is 1.56. The smallest absolute Gasteiger partial charge is 0.260 e. The van der Waals surface area contributed by atoms with Gasteiger partial charge in [-0.3, -0.25) is 10.2 Å². The Bertz CT molecular complexity index is 487. The van der Waals surface area contributed by atoms with Crippen molar-refractivity contribution < 1.29 is 17.6 Å². The Labute approximate surface area is 92.7 Å². The van der Waals surface area contributed by atoms with Crippen LogP contribution in [0.1, 0.15) is 13.3 Å². The van der Waals surface area contributed by atoms with Crippen molar-refractivity contribution >= 4 is 15.9 Å². The minimum Gasteiger partial charge on any atom is -0.278 e. The van der Waals surface area contributed by atoms with Crippen LogP contribution in [0.15, 0.2) is 29.2 Å². The van der Waals surface area contributed by atoms with E-state index in [1.807, 2.05) is 5.43 Å². The zero-order valence-electron chi connectivity index (χ0n) is 8.53. The van der Waals surface area contributed by atoms with Gasteiger partial charge < -0.3 is 0 Å². The van der Waals surface area contributed by atoms with Crippen LogP contribution in [0, 0.1) is 5.82 Å². The Morgan fingerprint density at radius 1 is 1.38 bits per heavy atom. The molecule has 0 aliphatic carbocycles.